The summed E-state index contributed by atoms with van der Waals surface area (Å²) in [6.07, 6.45) is 0.0938. The van der Waals surface area contributed by atoms with Gasteiger partial charge in [-0.05, 0) is 54.1 Å². The number of benzene rings is 2. The van der Waals surface area contributed by atoms with Crippen molar-refractivity contribution in [3.63, 3.8) is 0 Å². The predicted molar refractivity (Wildman–Crippen MR) is 140 cm³/mol. The van der Waals surface area contributed by atoms with E-state index in [0.29, 0.717) is 35.3 Å². The summed E-state index contributed by atoms with van der Waals surface area (Å²) in [6.45, 7) is 0.708. The molecule has 1 aliphatic heterocycles. The average molecular weight is 570 g/mol. The number of likely N-dealkylation sites (N-methyl/N-ethyl adjacent to an activating group) is 1. The number of carboxylic acid groups (broad SMARTS) is 2. The smallest absolute Gasteiger partial charge is 0.328 e. The Morgan fingerprint density at radius 2 is 1.79 bits per heavy atom. The van der Waals surface area contributed by atoms with Crippen molar-refractivity contribution in [2.45, 2.75) is 24.9 Å². The quantitative estimate of drug-likeness (QED) is 0.301. The van der Waals surface area contributed by atoms with Crippen LogP contribution in [0.5, 0.6) is 0 Å². The lowest BCUT2D eigenvalue weighted by Gasteiger charge is -2.33. The van der Waals surface area contributed by atoms with Crippen molar-refractivity contribution in [1.82, 2.24) is 10.2 Å². The molecule has 2 amide bonds. The first-order valence-corrected chi connectivity index (χ1v) is 12.1. The number of aliphatic hydroxyl groups is 1. The molecule has 2 aromatic rings. The van der Waals surface area contributed by atoms with E-state index >= 15 is 0 Å². The molecule has 38 heavy (non-hydrogen) atoms. The van der Waals surface area contributed by atoms with Crippen LogP contribution in [0.1, 0.15) is 49.7 Å². The van der Waals surface area contributed by atoms with Gasteiger partial charge in [-0.15, -0.1) is 0 Å². The highest BCUT2D eigenvalue weighted by Crippen LogP contribution is 2.38. The minimum Gasteiger partial charge on any atom is -0.481 e. The van der Waals surface area contributed by atoms with Crippen molar-refractivity contribution in [3.8, 4) is 0 Å². The van der Waals surface area contributed by atoms with E-state index in [0.717, 1.165) is 11.1 Å². The number of aliphatic carboxylic acids is 2. The Morgan fingerprint density at radius 3 is 2.32 bits per heavy atom. The molecule has 206 valence electrons. The zero-order valence-corrected chi connectivity index (χ0v) is 22.3. The third-order valence-corrected chi connectivity index (χ3v) is 6.26. The number of methoxy groups -OCH3 is 1. The highest BCUT2D eigenvalue weighted by Gasteiger charge is 2.29. The van der Waals surface area contributed by atoms with Gasteiger partial charge < -0.3 is 36.0 Å². The van der Waals surface area contributed by atoms with Gasteiger partial charge in [0.15, 0.2) is 6.04 Å². The molecule has 0 saturated carbocycles. The van der Waals surface area contributed by atoms with E-state index in [9.17, 15) is 24.3 Å². The topological polar surface area (TPSA) is 179 Å². The van der Waals surface area contributed by atoms with Gasteiger partial charge in [-0.2, -0.15) is 0 Å². The van der Waals surface area contributed by atoms with Crippen molar-refractivity contribution >= 4 is 47.0 Å². The zero-order chi connectivity index (χ0) is 28.6. The summed E-state index contributed by atoms with van der Waals surface area (Å²) in [4.78, 5) is 47.4. The SMILES string of the molecule is CN1Cc2c(Cl)cc(Cl)cc2C(c2cc(C(N)=O)cc(C(=O)NC(CO)C(=O)O)c2)C1.COCCC(=O)O. The largest absolute Gasteiger partial charge is 0.481 e. The molecule has 1 aliphatic rings. The van der Waals surface area contributed by atoms with Crippen LogP contribution in [-0.4, -0.2) is 83.9 Å². The molecule has 13 heteroatoms. The molecule has 0 bridgehead atoms. The van der Waals surface area contributed by atoms with E-state index in [1.165, 1.54) is 13.2 Å². The number of rotatable bonds is 9. The lowest BCUT2D eigenvalue weighted by atomic mass is 9.83. The van der Waals surface area contributed by atoms with E-state index in [-0.39, 0.29) is 23.5 Å². The van der Waals surface area contributed by atoms with Crippen LogP contribution in [0.25, 0.3) is 0 Å². The molecule has 2 atom stereocenters. The number of halogens is 2. The first-order chi connectivity index (χ1) is 17.9. The number of carbonyl (C=O) groups excluding carboxylic acids is 2. The fourth-order valence-corrected chi connectivity index (χ4v) is 4.44. The van der Waals surface area contributed by atoms with E-state index in [1.807, 2.05) is 13.1 Å². The van der Waals surface area contributed by atoms with Crippen molar-refractivity contribution < 1.29 is 39.2 Å². The number of carbonyl (C=O) groups is 4. The number of amides is 2. The fraction of sp³-hybridized carbons (Fsp3) is 0.360. The van der Waals surface area contributed by atoms with Gasteiger partial charge in [-0.25, -0.2) is 4.79 Å². The summed E-state index contributed by atoms with van der Waals surface area (Å²) in [6, 6.07) is 6.45. The number of fused-ring (bicyclic) bond motifs is 1. The van der Waals surface area contributed by atoms with Gasteiger partial charge in [-0.3, -0.25) is 14.4 Å². The average Bonchev–Trinajstić information content (AvgIpc) is 2.85. The van der Waals surface area contributed by atoms with E-state index in [1.54, 1.807) is 18.2 Å². The maximum Gasteiger partial charge on any atom is 0.328 e. The third kappa shape index (κ3) is 8.40. The second-order valence-corrected chi connectivity index (χ2v) is 9.44. The van der Waals surface area contributed by atoms with Gasteiger partial charge in [-0.1, -0.05) is 23.2 Å². The van der Waals surface area contributed by atoms with Crippen LogP contribution >= 0.6 is 23.2 Å². The van der Waals surface area contributed by atoms with Crippen LogP contribution in [0, 0.1) is 0 Å². The summed E-state index contributed by atoms with van der Waals surface area (Å²) < 4.78 is 4.47. The maximum absolute atomic E-state index is 12.7. The van der Waals surface area contributed by atoms with Crippen molar-refractivity contribution in [2.75, 3.05) is 33.9 Å². The molecule has 0 aromatic heterocycles. The first kappa shape index (κ1) is 31.0. The Morgan fingerprint density at radius 1 is 1.13 bits per heavy atom. The standard InChI is InChI=1S/C21H21Cl2N3O5.C4H8O3/c1-26-7-15(14-5-13(22)6-17(23)16(14)8-26)10-2-11(19(24)28)4-12(3-10)20(29)25-18(9-27)21(30)31;1-7-3-2-4(5)6/h2-6,15,18,27H,7-9H2,1H3,(H2,24,28)(H,25,29)(H,30,31);2-3H2,1H3,(H,5,6). The van der Waals surface area contributed by atoms with Crippen molar-refractivity contribution in [2.24, 2.45) is 5.73 Å². The Bertz CT molecular complexity index is 1210. The van der Waals surface area contributed by atoms with Crippen LogP contribution in [0.3, 0.4) is 0 Å². The Labute approximate surface area is 229 Å². The maximum atomic E-state index is 12.7. The number of ether oxygens (including phenoxy) is 1. The number of hydrogen-bond donors (Lipinski definition) is 5. The van der Waals surface area contributed by atoms with Gasteiger partial charge in [0.05, 0.1) is 19.6 Å². The Kier molecular flexibility index (Phi) is 11.5. The Hall–Kier alpha value is -3.22. The van der Waals surface area contributed by atoms with Gasteiger partial charge in [0.25, 0.3) is 5.91 Å². The molecule has 1 heterocycles. The molecule has 11 nitrogen and oxygen atoms in total. The normalized spacial score (nSPS) is 15.4. The molecule has 3 rings (SSSR count). The number of nitrogens with two attached hydrogens (primary N) is 1. The van der Waals surface area contributed by atoms with Crippen LogP contribution in [0.2, 0.25) is 10.0 Å². The van der Waals surface area contributed by atoms with E-state index in [4.69, 9.17) is 39.1 Å². The lowest BCUT2D eigenvalue weighted by Crippen LogP contribution is -2.43. The zero-order valence-electron chi connectivity index (χ0n) is 20.7. The highest BCUT2D eigenvalue weighted by molar-refractivity contribution is 6.35. The van der Waals surface area contributed by atoms with Crippen LogP contribution in [0.4, 0.5) is 0 Å². The number of nitrogens with one attached hydrogen (secondary N) is 1. The van der Waals surface area contributed by atoms with Crippen molar-refractivity contribution in [3.05, 3.63) is 68.2 Å². The van der Waals surface area contributed by atoms with Crippen LogP contribution in [0.15, 0.2) is 30.3 Å². The minimum atomic E-state index is -1.48. The van der Waals surface area contributed by atoms with E-state index < -0.39 is 36.4 Å². The molecule has 6 N–H and O–H groups in total. The second kappa shape index (κ2) is 14.1. The molecular formula is C25H29Cl2N3O8. The number of nitrogens with zero attached hydrogens (tertiary/aromatic N) is 1. The van der Waals surface area contributed by atoms with Gasteiger partial charge in [0.2, 0.25) is 5.91 Å². The molecule has 0 radical (unpaired) electrons. The predicted octanol–water partition coefficient (Wildman–Crippen LogP) is 1.95. The molecule has 0 spiro atoms. The molecule has 2 unspecified atom stereocenters. The lowest BCUT2D eigenvalue weighted by molar-refractivity contribution is -0.140. The monoisotopic (exact) mass is 569 g/mol. The second-order valence-electron chi connectivity index (χ2n) is 8.60. The number of hydrogen-bond acceptors (Lipinski definition) is 7. The first-order valence-electron chi connectivity index (χ1n) is 11.3. The molecule has 0 saturated heterocycles. The summed E-state index contributed by atoms with van der Waals surface area (Å²) >= 11 is 12.6. The van der Waals surface area contributed by atoms with Crippen molar-refractivity contribution in [1.29, 1.82) is 0 Å². The fourth-order valence-electron chi connectivity index (χ4n) is 3.87. The van der Waals surface area contributed by atoms with Crippen LogP contribution < -0.4 is 11.1 Å². The minimum absolute atomic E-state index is 0.0499. The highest BCUT2D eigenvalue weighted by atomic mass is 35.5. The summed E-state index contributed by atoms with van der Waals surface area (Å²) in [5, 5.41) is 29.5. The molecular weight excluding hydrogens is 541 g/mol. The number of aliphatic hydroxyl groups excluding tert-OH is 1. The summed E-state index contributed by atoms with van der Waals surface area (Å²) in [7, 11) is 3.40. The molecule has 2 aromatic carbocycles. The van der Waals surface area contributed by atoms with Gasteiger partial charge in [0.1, 0.15) is 0 Å². The van der Waals surface area contributed by atoms with Gasteiger partial charge in [0, 0.05) is 47.3 Å². The number of primary amides is 1. The van der Waals surface area contributed by atoms with Gasteiger partial charge >= 0.3 is 11.9 Å². The molecule has 0 fully saturated rings. The van der Waals surface area contributed by atoms with E-state index in [2.05, 4.69) is 15.0 Å². The van der Waals surface area contributed by atoms with Crippen LogP contribution in [-0.2, 0) is 20.9 Å². The summed E-state index contributed by atoms with van der Waals surface area (Å²) in [5.74, 6) is -3.94. The Balaban J connectivity index is 0.000000638. The summed E-state index contributed by atoms with van der Waals surface area (Å²) in [5.41, 5.74) is 8.02. The number of carboxylic acids is 2. The molecule has 0 aliphatic carbocycles. The third-order valence-electron chi connectivity index (χ3n) is 5.70.